The minimum absolute atomic E-state index is 0.180. The summed E-state index contributed by atoms with van der Waals surface area (Å²) in [6.07, 6.45) is 5.10. The Bertz CT molecular complexity index is 1650. The van der Waals surface area contributed by atoms with E-state index in [0.29, 0.717) is 23.0 Å². The molecule has 3 heterocycles. The van der Waals surface area contributed by atoms with E-state index in [-0.39, 0.29) is 5.91 Å². The lowest BCUT2D eigenvalue weighted by Gasteiger charge is -2.11. The lowest BCUT2D eigenvalue weighted by molar-refractivity contribution is 0.102. The Morgan fingerprint density at radius 3 is 2.44 bits per heavy atom. The molecular weight excluding hydrogens is 510 g/mol. The van der Waals surface area contributed by atoms with Gasteiger partial charge in [0.15, 0.2) is 0 Å². The first-order valence-electron chi connectivity index (χ1n) is 13.3. The Morgan fingerprint density at radius 2 is 1.72 bits per heavy atom. The predicted octanol–water partition coefficient (Wildman–Crippen LogP) is 7.72. The van der Waals surface area contributed by atoms with Crippen LogP contribution in [-0.2, 0) is 13.0 Å². The number of imidazole rings is 1. The second-order valence-corrected chi connectivity index (χ2v) is 10.1. The van der Waals surface area contributed by atoms with Gasteiger partial charge in [-0.05, 0) is 91.9 Å². The second-order valence-electron chi connectivity index (χ2n) is 9.67. The van der Waals surface area contributed by atoms with E-state index >= 15 is 0 Å². The molecule has 0 fully saturated rings. The summed E-state index contributed by atoms with van der Waals surface area (Å²) < 4.78 is 15.5. The smallest absolute Gasteiger partial charge is 0.273 e. The molecule has 0 spiro atoms. The van der Waals surface area contributed by atoms with Crippen LogP contribution < -0.4 is 14.8 Å². The molecule has 7 heteroatoms. The molecule has 3 aromatic carbocycles. The van der Waals surface area contributed by atoms with Crippen molar-refractivity contribution in [1.82, 2.24) is 8.97 Å². The van der Waals surface area contributed by atoms with E-state index in [4.69, 9.17) is 21.1 Å². The number of aromatic nitrogens is 2. The molecule has 39 heavy (non-hydrogen) atoms. The van der Waals surface area contributed by atoms with Gasteiger partial charge < -0.3 is 19.4 Å². The maximum absolute atomic E-state index is 14.0. The minimum Gasteiger partial charge on any atom is -0.497 e. The van der Waals surface area contributed by atoms with Crippen LogP contribution in [0.4, 0.5) is 5.69 Å². The van der Waals surface area contributed by atoms with Crippen LogP contribution in [-0.4, -0.2) is 28.6 Å². The summed E-state index contributed by atoms with van der Waals surface area (Å²) in [5.74, 6) is 1.44. The number of methoxy groups -OCH3 is 1. The molecule has 0 bridgehead atoms. The molecule has 0 saturated heterocycles. The fourth-order valence-corrected chi connectivity index (χ4v) is 5.74. The summed E-state index contributed by atoms with van der Waals surface area (Å²) in [5, 5.41) is 3.66. The Balaban J connectivity index is 1.56. The summed E-state index contributed by atoms with van der Waals surface area (Å²) in [6, 6.07) is 23.4. The van der Waals surface area contributed by atoms with Crippen LogP contribution in [0, 0.1) is 0 Å². The van der Waals surface area contributed by atoms with Gasteiger partial charge in [-0.15, -0.1) is 0 Å². The van der Waals surface area contributed by atoms with E-state index in [9.17, 15) is 4.79 Å². The average Bonchev–Trinajstić information content (AvgIpc) is 3.37. The predicted molar refractivity (Wildman–Crippen MR) is 156 cm³/mol. The number of carbonyl (C=O) groups is 1. The van der Waals surface area contributed by atoms with Gasteiger partial charge in [0, 0.05) is 34.6 Å². The van der Waals surface area contributed by atoms with E-state index in [1.54, 1.807) is 19.2 Å². The van der Waals surface area contributed by atoms with Gasteiger partial charge in [-0.2, -0.15) is 0 Å². The van der Waals surface area contributed by atoms with Gasteiger partial charge in [-0.25, -0.2) is 0 Å². The number of rotatable bonds is 7. The average molecular weight is 540 g/mol. The molecule has 0 atom stereocenters. The number of hydrogen-bond acceptors (Lipinski definition) is 3. The van der Waals surface area contributed by atoms with Gasteiger partial charge in [0.2, 0.25) is 0 Å². The Morgan fingerprint density at radius 1 is 0.974 bits per heavy atom. The second kappa shape index (κ2) is 10.5. The fraction of sp³-hybridized carbons (Fsp3) is 0.219. The van der Waals surface area contributed by atoms with E-state index < -0.39 is 0 Å². The summed E-state index contributed by atoms with van der Waals surface area (Å²) in [5.41, 5.74) is 7.63. The number of nitrogens with one attached hydrogen (secondary N) is 1. The van der Waals surface area contributed by atoms with Crippen molar-refractivity contribution in [2.75, 3.05) is 19.0 Å². The van der Waals surface area contributed by atoms with Crippen molar-refractivity contribution in [3.63, 3.8) is 0 Å². The molecule has 6 nitrogen and oxygen atoms in total. The highest BCUT2D eigenvalue weighted by atomic mass is 35.5. The third kappa shape index (κ3) is 4.66. The molecule has 0 unspecified atom stereocenters. The molecule has 1 aliphatic rings. The topological polar surface area (TPSA) is 56.9 Å². The summed E-state index contributed by atoms with van der Waals surface area (Å²) in [4.78, 5) is 14.0. The summed E-state index contributed by atoms with van der Waals surface area (Å²) >= 11 is 6.22. The molecule has 0 radical (unpaired) electrons. The van der Waals surface area contributed by atoms with Crippen LogP contribution in [0.5, 0.6) is 11.5 Å². The highest BCUT2D eigenvalue weighted by Gasteiger charge is 2.29. The molecule has 0 saturated carbocycles. The van der Waals surface area contributed by atoms with E-state index in [2.05, 4.69) is 32.6 Å². The van der Waals surface area contributed by atoms with E-state index in [1.807, 2.05) is 55.5 Å². The molecule has 198 valence electrons. The van der Waals surface area contributed by atoms with Gasteiger partial charge in [0.1, 0.15) is 22.8 Å². The summed E-state index contributed by atoms with van der Waals surface area (Å²) in [6.45, 7) is 3.49. The number of halogens is 1. The lowest BCUT2D eigenvalue weighted by Crippen LogP contribution is -2.15. The van der Waals surface area contributed by atoms with Gasteiger partial charge in [0.05, 0.1) is 19.4 Å². The minimum atomic E-state index is -0.180. The van der Waals surface area contributed by atoms with Crippen LogP contribution in [0.3, 0.4) is 0 Å². The highest BCUT2D eigenvalue weighted by Crippen LogP contribution is 2.40. The number of nitrogens with zero attached hydrogens (tertiary/aromatic N) is 2. The van der Waals surface area contributed by atoms with Gasteiger partial charge >= 0.3 is 0 Å². The van der Waals surface area contributed by atoms with Crippen molar-refractivity contribution in [3.8, 4) is 33.9 Å². The first-order valence-corrected chi connectivity index (χ1v) is 13.7. The van der Waals surface area contributed by atoms with Crippen molar-refractivity contribution < 1.29 is 14.3 Å². The monoisotopic (exact) mass is 539 g/mol. The number of ether oxygens (including phenoxy) is 2. The van der Waals surface area contributed by atoms with E-state index in [1.165, 1.54) is 5.56 Å². The Hall–Kier alpha value is -4.16. The van der Waals surface area contributed by atoms with Gasteiger partial charge in [0.25, 0.3) is 5.91 Å². The fourth-order valence-electron chi connectivity index (χ4n) is 5.55. The molecule has 1 amide bonds. The van der Waals surface area contributed by atoms with Crippen molar-refractivity contribution >= 4 is 28.8 Å². The number of aryl methyl sites for hydroxylation is 2. The van der Waals surface area contributed by atoms with Crippen molar-refractivity contribution in [2.45, 2.75) is 32.7 Å². The molecule has 1 aliphatic heterocycles. The van der Waals surface area contributed by atoms with Gasteiger partial charge in [-0.1, -0.05) is 29.8 Å². The SMILES string of the molecule is CCOc1ccc(-c2cn3c(C(=O)Nc4cccc(Cl)c4)c(-c4ccc(OC)cc4)c4c3n2CCCC4)cc1. The molecule has 2 aromatic heterocycles. The third-order valence-electron chi connectivity index (χ3n) is 7.27. The van der Waals surface area contributed by atoms with Crippen LogP contribution in [0.2, 0.25) is 5.02 Å². The number of carbonyl (C=O) groups excluding carboxylic acids is 1. The van der Waals surface area contributed by atoms with Crippen molar-refractivity contribution in [1.29, 1.82) is 0 Å². The summed E-state index contributed by atoms with van der Waals surface area (Å²) in [7, 11) is 1.66. The number of amides is 1. The number of benzene rings is 3. The quantitative estimate of drug-likeness (QED) is 0.230. The zero-order valence-electron chi connectivity index (χ0n) is 22.0. The maximum Gasteiger partial charge on any atom is 0.273 e. The zero-order valence-corrected chi connectivity index (χ0v) is 22.8. The first kappa shape index (κ1) is 25.1. The Labute approximate surface area is 232 Å². The standard InChI is InChI=1S/C32H30ClN3O3/c1-3-39-26-16-10-21(11-17-26)28-20-36-30(31(37)34-24-8-6-7-23(33)19-24)29(22-12-14-25(38-2)15-13-22)27-9-4-5-18-35(28)32(27)36/h6-8,10-17,19-20H,3-5,9,18H2,1-2H3,(H,34,37). The highest BCUT2D eigenvalue weighted by molar-refractivity contribution is 6.31. The molecule has 1 N–H and O–H groups in total. The molecule has 6 rings (SSSR count). The molecular formula is C32H30ClN3O3. The van der Waals surface area contributed by atoms with Crippen LogP contribution in [0.25, 0.3) is 28.0 Å². The molecule has 0 aliphatic carbocycles. The van der Waals surface area contributed by atoms with Crippen LogP contribution in [0.15, 0.2) is 79.0 Å². The molecule has 5 aromatic rings. The number of anilines is 1. The van der Waals surface area contributed by atoms with Crippen LogP contribution >= 0.6 is 11.6 Å². The van der Waals surface area contributed by atoms with Crippen molar-refractivity contribution in [3.05, 3.63) is 95.3 Å². The third-order valence-corrected chi connectivity index (χ3v) is 7.51. The number of hydrogen-bond donors (Lipinski definition) is 1. The zero-order chi connectivity index (χ0) is 26.9. The Kier molecular flexibility index (Phi) is 6.79. The maximum atomic E-state index is 14.0. The lowest BCUT2D eigenvalue weighted by atomic mass is 9.97. The van der Waals surface area contributed by atoms with Crippen LogP contribution in [0.1, 0.15) is 35.8 Å². The largest absolute Gasteiger partial charge is 0.497 e. The normalized spacial score (nSPS) is 12.8. The van der Waals surface area contributed by atoms with E-state index in [0.717, 1.165) is 65.3 Å². The first-order chi connectivity index (χ1) is 19.1. The van der Waals surface area contributed by atoms with Gasteiger partial charge in [-0.3, -0.25) is 9.20 Å². The van der Waals surface area contributed by atoms with Crippen molar-refractivity contribution in [2.24, 2.45) is 0 Å².